The number of nitrogens with one attached hydrogen (secondary N) is 1. The third kappa shape index (κ3) is 2.66. The summed E-state index contributed by atoms with van der Waals surface area (Å²) in [6.07, 6.45) is 1.75. The quantitative estimate of drug-likeness (QED) is 0.735. The van der Waals surface area contributed by atoms with Crippen molar-refractivity contribution in [3.05, 3.63) is 69.6 Å². The van der Waals surface area contributed by atoms with Crippen LogP contribution in [0.15, 0.2) is 54.0 Å². The van der Waals surface area contributed by atoms with Crippen LogP contribution >= 0.6 is 22.9 Å². The first-order chi connectivity index (χ1) is 9.74. The number of aromatic nitrogens is 2. The van der Waals surface area contributed by atoms with Gasteiger partial charge in [0.1, 0.15) is 5.15 Å². The summed E-state index contributed by atoms with van der Waals surface area (Å²) in [4.78, 5) is 4.61. The maximum Gasteiger partial charge on any atom is 0.182 e. The number of rotatable bonds is 3. The molecular weight excluding hydrogens is 290 g/mol. The Bertz CT molecular complexity index is 760. The molecule has 3 aromatic rings. The zero-order chi connectivity index (χ0) is 13.9. The Kier molecular flexibility index (Phi) is 3.67. The SMILES string of the molecule is N=c1scc(-c2ccccc2)n1Cc1ccc(Cl)nc1. The summed E-state index contributed by atoms with van der Waals surface area (Å²) < 4.78 is 1.98. The molecule has 0 atom stereocenters. The van der Waals surface area contributed by atoms with E-state index in [1.54, 1.807) is 12.3 Å². The van der Waals surface area contributed by atoms with E-state index in [4.69, 9.17) is 17.0 Å². The fraction of sp³-hybridized carbons (Fsp3) is 0.0667. The van der Waals surface area contributed by atoms with Gasteiger partial charge >= 0.3 is 0 Å². The lowest BCUT2D eigenvalue weighted by Crippen LogP contribution is -2.15. The van der Waals surface area contributed by atoms with Gasteiger partial charge in [0.15, 0.2) is 4.80 Å². The number of thiazole rings is 1. The van der Waals surface area contributed by atoms with Gasteiger partial charge in [0.2, 0.25) is 0 Å². The third-order valence-electron chi connectivity index (χ3n) is 3.02. The second-order valence-electron chi connectivity index (χ2n) is 4.37. The van der Waals surface area contributed by atoms with Gasteiger partial charge in [-0.25, -0.2) is 4.98 Å². The number of halogens is 1. The zero-order valence-electron chi connectivity index (χ0n) is 10.6. The number of hydrogen-bond donors (Lipinski definition) is 1. The average Bonchev–Trinajstić information content (AvgIpc) is 2.84. The molecule has 5 heteroatoms. The van der Waals surface area contributed by atoms with Gasteiger partial charge in [0.05, 0.1) is 12.2 Å². The highest BCUT2D eigenvalue weighted by molar-refractivity contribution is 7.07. The van der Waals surface area contributed by atoms with Crippen LogP contribution in [-0.4, -0.2) is 9.55 Å². The Balaban J connectivity index is 2.00. The first kappa shape index (κ1) is 13.1. The van der Waals surface area contributed by atoms with Crippen molar-refractivity contribution in [1.29, 1.82) is 5.41 Å². The van der Waals surface area contributed by atoms with Gasteiger partial charge in [-0.05, 0) is 17.2 Å². The minimum atomic E-state index is 0.485. The normalized spacial score (nSPS) is 10.7. The lowest BCUT2D eigenvalue weighted by atomic mass is 10.1. The van der Waals surface area contributed by atoms with Crippen LogP contribution in [0.2, 0.25) is 5.15 Å². The van der Waals surface area contributed by atoms with Crippen LogP contribution in [0.4, 0.5) is 0 Å². The predicted octanol–water partition coefficient (Wildman–Crippen LogP) is 3.79. The summed E-state index contributed by atoms with van der Waals surface area (Å²) in [6, 6.07) is 13.8. The number of pyridine rings is 1. The largest absolute Gasteiger partial charge is 0.312 e. The number of hydrogen-bond acceptors (Lipinski definition) is 3. The van der Waals surface area contributed by atoms with Gasteiger partial charge in [-0.3, -0.25) is 5.41 Å². The van der Waals surface area contributed by atoms with Crippen molar-refractivity contribution in [3.63, 3.8) is 0 Å². The lowest BCUT2D eigenvalue weighted by molar-refractivity contribution is 0.764. The van der Waals surface area contributed by atoms with E-state index >= 15 is 0 Å². The molecule has 1 N–H and O–H groups in total. The topological polar surface area (TPSA) is 41.7 Å². The van der Waals surface area contributed by atoms with Gasteiger partial charge in [0.25, 0.3) is 0 Å². The molecule has 0 unspecified atom stereocenters. The van der Waals surface area contributed by atoms with E-state index < -0.39 is 0 Å². The zero-order valence-corrected chi connectivity index (χ0v) is 12.2. The van der Waals surface area contributed by atoms with Crippen molar-refractivity contribution in [2.75, 3.05) is 0 Å². The monoisotopic (exact) mass is 301 g/mol. The molecule has 3 rings (SSSR count). The first-order valence-electron chi connectivity index (χ1n) is 6.13. The van der Waals surface area contributed by atoms with E-state index in [0.717, 1.165) is 16.8 Å². The Labute approximate surface area is 125 Å². The average molecular weight is 302 g/mol. The molecular formula is C15H12ClN3S. The Morgan fingerprint density at radius 2 is 1.95 bits per heavy atom. The van der Waals surface area contributed by atoms with Gasteiger partial charge in [0, 0.05) is 11.6 Å². The van der Waals surface area contributed by atoms with Crippen LogP contribution in [0.25, 0.3) is 11.3 Å². The Hall–Kier alpha value is -1.91. The molecule has 0 saturated carbocycles. The predicted molar refractivity (Wildman–Crippen MR) is 81.9 cm³/mol. The van der Waals surface area contributed by atoms with Crippen molar-refractivity contribution < 1.29 is 0 Å². The second kappa shape index (κ2) is 5.61. The summed E-state index contributed by atoms with van der Waals surface area (Å²) in [5.41, 5.74) is 3.20. The molecule has 3 nitrogen and oxygen atoms in total. The molecule has 0 aliphatic carbocycles. The summed E-state index contributed by atoms with van der Waals surface area (Å²) in [7, 11) is 0. The molecule has 0 aliphatic heterocycles. The molecule has 2 heterocycles. The fourth-order valence-corrected chi connectivity index (χ4v) is 2.91. The van der Waals surface area contributed by atoms with E-state index in [1.807, 2.05) is 34.2 Å². The Morgan fingerprint density at radius 1 is 1.15 bits per heavy atom. The van der Waals surface area contributed by atoms with Crippen molar-refractivity contribution in [1.82, 2.24) is 9.55 Å². The van der Waals surface area contributed by atoms with E-state index in [2.05, 4.69) is 17.1 Å². The van der Waals surface area contributed by atoms with Crippen molar-refractivity contribution in [2.45, 2.75) is 6.54 Å². The maximum absolute atomic E-state index is 8.07. The molecule has 1 aromatic carbocycles. The first-order valence-corrected chi connectivity index (χ1v) is 7.38. The molecule has 2 aromatic heterocycles. The molecule has 100 valence electrons. The lowest BCUT2D eigenvalue weighted by Gasteiger charge is -2.08. The Morgan fingerprint density at radius 3 is 2.65 bits per heavy atom. The molecule has 0 amide bonds. The number of nitrogens with zero attached hydrogens (tertiary/aromatic N) is 2. The van der Waals surface area contributed by atoms with E-state index in [-0.39, 0.29) is 0 Å². The molecule has 0 aliphatic rings. The standard InChI is InChI=1S/C15H12ClN3S/c16-14-7-6-11(8-18-14)9-19-13(10-20-15(19)17)12-4-2-1-3-5-12/h1-8,10,17H,9H2. The fourth-order valence-electron chi connectivity index (χ4n) is 2.02. The van der Waals surface area contributed by atoms with Gasteiger partial charge in [-0.2, -0.15) is 0 Å². The molecule has 0 fully saturated rings. The summed E-state index contributed by atoms with van der Waals surface area (Å²) >= 11 is 7.23. The van der Waals surface area contributed by atoms with Gasteiger partial charge in [-0.15, -0.1) is 11.3 Å². The van der Waals surface area contributed by atoms with Crippen molar-refractivity contribution >= 4 is 22.9 Å². The summed E-state index contributed by atoms with van der Waals surface area (Å²) in [5.74, 6) is 0. The van der Waals surface area contributed by atoms with Crippen LogP contribution in [0.1, 0.15) is 5.56 Å². The van der Waals surface area contributed by atoms with Crippen LogP contribution in [0.5, 0.6) is 0 Å². The molecule has 0 radical (unpaired) electrons. The highest BCUT2D eigenvalue weighted by atomic mass is 35.5. The highest BCUT2D eigenvalue weighted by Gasteiger charge is 2.07. The van der Waals surface area contributed by atoms with Crippen LogP contribution in [0, 0.1) is 5.41 Å². The third-order valence-corrected chi connectivity index (χ3v) is 4.03. The van der Waals surface area contributed by atoms with Crippen molar-refractivity contribution in [3.8, 4) is 11.3 Å². The minimum Gasteiger partial charge on any atom is -0.312 e. The van der Waals surface area contributed by atoms with Crippen LogP contribution in [-0.2, 0) is 6.54 Å². The van der Waals surface area contributed by atoms with E-state index in [0.29, 0.717) is 16.5 Å². The van der Waals surface area contributed by atoms with Gasteiger partial charge < -0.3 is 4.57 Å². The van der Waals surface area contributed by atoms with Gasteiger partial charge in [-0.1, -0.05) is 48.0 Å². The summed E-state index contributed by atoms with van der Waals surface area (Å²) in [5, 5.41) is 10.6. The van der Waals surface area contributed by atoms with Crippen LogP contribution in [0.3, 0.4) is 0 Å². The maximum atomic E-state index is 8.07. The smallest absolute Gasteiger partial charge is 0.182 e. The number of benzene rings is 1. The van der Waals surface area contributed by atoms with Crippen molar-refractivity contribution in [2.24, 2.45) is 0 Å². The molecule has 0 spiro atoms. The van der Waals surface area contributed by atoms with Crippen LogP contribution < -0.4 is 4.80 Å². The minimum absolute atomic E-state index is 0.485. The highest BCUT2D eigenvalue weighted by Crippen LogP contribution is 2.20. The molecule has 0 bridgehead atoms. The second-order valence-corrected chi connectivity index (χ2v) is 5.61. The molecule has 20 heavy (non-hydrogen) atoms. The summed E-state index contributed by atoms with van der Waals surface area (Å²) in [6.45, 7) is 0.622. The molecule has 0 saturated heterocycles. The van der Waals surface area contributed by atoms with E-state index in [1.165, 1.54) is 11.3 Å². The van der Waals surface area contributed by atoms with E-state index in [9.17, 15) is 0 Å².